The van der Waals surface area contributed by atoms with Crippen molar-refractivity contribution in [3.63, 3.8) is 0 Å². The van der Waals surface area contributed by atoms with Crippen LogP contribution in [0.3, 0.4) is 0 Å². The summed E-state index contributed by atoms with van der Waals surface area (Å²) < 4.78 is 19.7. The summed E-state index contributed by atoms with van der Waals surface area (Å²) in [6.07, 6.45) is 0. The molecule has 0 saturated carbocycles. The van der Waals surface area contributed by atoms with Crippen molar-refractivity contribution in [3.05, 3.63) is 71.7 Å². The van der Waals surface area contributed by atoms with Gasteiger partial charge in [0.25, 0.3) is 5.88 Å². The SMILES string of the molecule is CONC(N)=Nc1cc(C(C)c2ccc(-c3ccccc3)c(F)c2)no1. The molecule has 134 valence electrons. The van der Waals surface area contributed by atoms with E-state index >= 15 is 0 Å². The van der Waals surface area contributed by atoms with Crippen molar-refractivity contribution in [1.29, 1.82) is 0 Å². The second-order valence-corrected chi connectivity index (χ2v) is 5.72. The van der Waals surface area contributed by atoms with Crippen LogP contribution >= 0.6 is 0 Å². The Hall–Kier alpha value is -3.19. The van der Waals surface area contributed by atoms with Crippen molar-refractivity contribution < 1.29 is 13.8 Å². The molecular weight excluding hydrogens is 335 g/mol. The Kier molecular flexibility index (Phi) is 5.28. The van der Waals surface area contributed by atoms with Gasteiger partial charge in [-0.3, -0.25) is 4.84 Å². The van der Waals surface area contributed by atoms with Gasteiger partial charge in [-0.25, -0.2) is 9.87 Å². The van der Waals surface area contributed by atoms with Crippen LogP contribution in [-0.2, 0) is 4.84 Å². The minimum absolute atomic E-state index is 0.0427. The van der Waals surface area contributed by atoms with E-state index in [0.717, 1.165) is 11.1 Å². The van der Waals surface area contributed by atoms with E-state index in [9.17, 15) is 4.39 Å². The van der Waals surface area contributed by atoms with E-state index in [4.69, 9.17) is 10.3 Å². The molecule has 2 aromatic carbocycles. The number of benzene rings is 2. The van der Waals surface area contributed by atoms with E-state index in [1.54, 1.807) is 12.1 Å². The lowest BCUT2D eigenvalue weighted by atomic mass is 9.95. The monoisotopic (exact) mass is 354 g/mol. The van der Waals surface area contributed by atoms with E-state index in [1.807, 2.05) is 43.3 Å². The standard InChI is InChI=1S/C19H19FN4O2/c1-12(17-11-18(26-23-17)22-19(21)24-25-2)14-8-9-15(16(20)10-14)13-6-4-3-5-7-13/h3-12H,1-2H3,(H3,21,22,24). The normalized spacial score (nSPS) is 12.8. The highest BCUT2D eigenvalue weighted by Crippen LogP contribution is 2.30. The number of nitrogens with one attached hydrogen (secondary N) is 1. The summed E-state index contributed by atoms with van der Waals surface area (Å²) in [7, 11) is 1.42. The molecule has 0 fully saturated rings. The lowest BCUT2D eigenvalue weighted by molar-refractivity contribution is 0.143. The van der Waals surface area contributed by atoms with E-state index in [2.05, 4.69) is 20.5 Å². The van der Waals surface area contributed by atoms with Gasteiger partial charge in [-0.05, 0) is 17.2 Å². The van der Waals surface area contributed by atoms with Crippen LogP contribution in [-0.4, -0.2) is 18.2 Å². The Bertz CT molecular complexity index is 909. The number of nitrogens with zero attached hydrogens (tertiary/aromatic N) is 2. The second-order valence-electron chi connectivity index (χ2n) is 5.72. The van der Waals surface area contributed by atoms with Gasteiger partial charge < -0.3 is 10.3 Å². The highest BCUT2D eigenvalue weighted by atomic mass is 19.1. The van der Waals surface area contributed by atoms with Crippen molar-refractivity contribution in [1.82, 2.24) is 10.6 Å². The van der Waals surface area contributed by atoms with Gasteiger partial charge in [-0.1, -0.05) is 54.5 Å². The van der Waals surface area contributed by atoms with E-state index in [0.29, 0.717) is 11.3 Å². The van der Waals surface area contributed by atoms with E-state index < -0.39 is 0 Å². The van der Waals surface area contributed by atoms with Crippen LogP contribution in [0.2, 0.25) is 0 Å². The number of nitrogens with two attached hydrogens (primary N) is 1. The Morgan fingerprint density at radius 1 is 1.23 bits per heavy atom. The quantitative estimate of drug-likeness (QED) is 0.414. The maximum absolute atomic E-state index is 14.6. The van der Waals surface area contributed by atoms with Crippen LogP contribution in [0.15, 0.2) is 64.1 Å². The molecular formula is C19H19FN4O2. The van der Waals surface area contributed by atoms with Crippen molar-refractivity contribution in [2.24, 2.45) is 10.7 Å². The number of rotatable bonds is 5. The average Bonchev–Trinajstić information content (AvgIpc) is 3.10. The number of aliphatic imine (C=N–C) groups is 1. The minimum atomic E-state index is -0.282. The topological polar surface area (TPSA) is 85.7 Å². The zero-order chi connectivity index (χ0) is 18.5. The van der Waals surface area contributed by atoms with Crippen molar-refractivity contribution in [3.8, 4) is 11.1 Å². The fourth-order valence-electron chi connectivity index (χ4n) is 2.60. The number of aromatic nitrogens is 1. The number of guanidine groups is 1. The van der Waals surface area contributed by atoms with Crippen LogP contribution in [0, 0.1) is 5.82 Å². The predicted octanol–water partition coefficient (Wildman–Crippen LogP) is 3.73. The van der Waals surface area contributed by atoms with E-state index in [-0.39, 0.29) is 23.6 Å². The number of hydrogen-bond donors (Lipinski definition) is 2. The van der Waals surface area contributed by atoms with Crippen molar-refractivity contribution in [2.45, 2.75) is 12.8 Å². The lowest BCUT2D eigenvalue weighted by Gasteiger charge is -2.11. The molecule has 1 unspecified atom stereocenters. The van der Waals surface area contributed by atoms with Crippen LogP contribution in [0.5, 0.6) is 0 Å². The smallest absolute Gasteiger partial charge is 0.253 e. The Balaban J connectivity index is 1.82. The molecule has 1 atom stereocenters. The summed E-state index contributed by atoms with van der Waals surface area (Å²) in [4.78, 5) is 8.62. The third-order valence-corrected chi connectivity index (χ3v) is 3.97. The maximum atomic E-state index is 14.6. The highest BCUT2D eigenvalue weighted by molar-refractivity contribution is 5.79. The summed E-state index contributed by atoms with van der Waals surface area (Å²) in [5.41, 5.74) is 10.8. The predicted molar refractivity (Wildman–Crippen MR) is 97.3 cm³/mol. The summed E-state index contributed by atoms with van der Waals surface area (Å²) in [5.74, 6) is -0.175. The van der Waals surface area contributed by atoms with Crippen molar-refractivity contribution >= 4 is 11.8 Å². The summed E-state index contributed by atoms with van der Waals surface area (Å²) >= 11 is 0. The Morgan fingerprint density at radius 3 is 2.69 bits per heavy atom. The fourth-order valence-corrected chi connectivity index (χ4v) is 2.60. The number of hydrogen-bond acceptors (Lipinski definition) is 4. The molecule has 26 heavy (non-hydrogen) atoms. The summed E-state index contributed by atoms with van der Waals surface area (Å²) in [6.45, 7) is 1.92. The second kappa shape index (κ2) is 7.79. The van der Waals surface area contributed by atoms with Gasteiger partial charge in [0.15, 0.2) is 0 Å². The summed E-state index contributed by atoms with van der Waals surface area (Å²) in [5, 5.41) is 3.99. The van der Waals surface area contributed by atoms with Crippen LogP contribution in [0.1, 0.15) is 24.1 Å². The molecule has 7 heteroatoms. The summed E-state index contributed by atoms with van der Waals surface area (Å²) in [6, 6.07) is 16.2. The van der Waals surface area contributed by atoms with Gasteiger partial charge in [-0.2, -0.15) is 4.99 Å². The molecule has 0 bridgehead atoms. The molecule has 3 aromatic rings. The zero-order valence-electron chi connectivity index (χ0n) is 14.4. The maximum Gasteiger partial charge on any atom is 0.253 e. The molecule has 0 spiro atoms. The molecule has 3 rings (SSSR count). The Morgan fingerprint density at radius 2 is 2.00 bits per heavy atom. The van der Waals surface area contributed by atoms with Gasteiger partial charge >= 0.3 is 0 Å². The third kappa shape index (κ3) is 3.89. The first-order chi connectivity index (χ1) is 12.6. The van der Waals surface area contributed by atoms with Gasteiger partial charge in [0, 0.05) is 17.5 Å². The molecule has 6 nitrogen and oxygen atoms in total. The molecule has 0 saturated heterocycles. The Labute approximate surface area is 150 Å². The van der Waals surface area contributed by atoms with Crippen molar-refractivity contribution in [2.75, 3.05) is 7.11 Å². The molecule has 3 N–H and O–H groups in total. The molecule has 0 aliphatic carbocycles. The molecule has 1 heterocycles. The lowest BCUT2D eigenvalue weighted by Crippen LogP contribution is -2.29. The van der Waals surface area contributed by atoms with Gasteiger partial charge in [-0.15, -0.1) is 0 Å². The van der Waals surface area contributed by atoms with Crippen LogP contribution in [0.25, 0.3) is 11.1 Å². The molecule has 0 aliphatic heterocycles. The molecule has 1 aromatic heterocycles. The van der Waals surface area contributed by atoms with E-state index in [1.165, 1.54) is 13.2 Å². The first-order valence-corrected chi connectivity index (χ1v) is 8.03. The first kappa shape index (κ1) is 17.6. The first-order valence-electron chi connectivity index (χ1n) is 8.03. The fraction of sp³-hybridized carbons (Fsp3) is 0.158. The largest absolute Gasteiger partial charge is 0.368 e. The van der Waals surface area contributed by atoms with Gasteiger partial charge in [0.05, 0.1) is 12.8 Å². The molecule has 0 amide bonds. The van der Waals surface area contributed by atoms with Crippen LogP contribution < -0.4 is 11.2 Å². The zero-order valence-corrected chi connectivity index (χ0v) is 14.4. The van der Waals surface area contributed by atoms with Gasteiger partial charge in [0.2, 0.25) is 5.96 Å². The highest BCUT2D eigenvalue weighted by Gasteiger charge is 2.16. The third-order valence-electron chi connectivity index (χ3n) is 3.97. The molecule has 0 aliphatic rings. The molecule has 0 radical (unpaired) electrons. The number of hydroxylamine groups is 1. The minimum Gasteiger partial charge on any atom is -0.368 e. The van der Waals surface area contributed by atoms with Gasteiger partial charge in [0.1, 0.15) is 5.82 Å². The average molecular weight is 354 g/mol. The van der Waals surface area contributed by atoms with Crippen LogP contribution in [0.4, 0.5) is 10.3 Å². The number of halogens is 1.